The third kappa shape index (κ3) is 3.14. The van der Waals surface area contributed by atoms with Gasteiger partial charge < -0.3 is 9.64 Å². The van der Waals surface area contributed by atoms with Crippen LogP contribution in [0.2, 0.25) is 0 Å². The number of Topliss-reactive ketones (excluding diaryl/α,β-unsaturated/α-hetero) is 1. The molecule has 1 aromatic carbocycles. The molecule has 2 heterocycles. The van der Waals surface area contributed by atoms with Gasteiger partial charge in [0.2, 0.25) is 0 Å². The first-order valence-electron chi connectivity index (χ1n) is 9.50. The lowest BCUT2D eigenvalue weighted by Crippen LogP contribution is -2.56. The number of morpholine rings is 1. The molecule has 0 spiro atoms. The molecular formula is C20H25N3O3. The Morgan fingerprint density at radius 3 is 2.69 bits per heavy atom. The highest BCUT2D eigenvalue weighted by molar-refractivity contribution is 6.40. The van der Waals surface area contributed by atoms with Crippen molar-refractivity contribution in [2.75, 3.05) is 18.2 Å². The van der Waals surface area contributed by atoms with Gasteiger partial charge in [-0.3, -0.25) is 14.6 Å². The monoisotopic (exact) mass is 355 g/mol. The highest BCUT2D eigenvalue weighted by Gasteiger charge is 2.41. The third-order valence-electron chi connectivity index (χ3n) is 5.64. The van der Waals surface area contributed by atoms with Gasteiger partial charge in [0, 0.05) is 13.0 Å². The molecule has 138 valence electrons. The predicted molar refractivity (Wildman–Crippen MR) is 99.2 cm³/mol. The summed E-state index contributed by atoms with van der Waals surface area (Å²) in [6.07, 6.45) is 4.83. The third-order valence-corrected chi connectivity index (χ3v) is 5.64. The van der Waals surface area contributed by atoms with Gasteiger partial charge in [-0.15, -0.1) is 0 Å². The SMILES string of the molecule is CC(=O)C1CC(C(=O)N2CCOC3CCCCC32)=NN1c1ccccc1. The van der Waals surface area contributed by atoms with Gasteiger partial charge in [-0.25, -0.2) is 0 Å². The number of rotatable bonds is 3. The molecule has 0 radical (unpaired) electrons. The average molecular weight is 355 g/mol. The Kier molecular flexibility index (Phi) is 4.76. The number of anilines is 1. The van der Waals surface area contributed by atoms with Crippen molar-refractivity contribution in [3.05, 3.63) is 30.3 Å². The van der Waals surface area contributed by atoms with Gasteiger partial charge in [0.25, 0.3) is 5.91 Å². The number of fused-ring (bicyclic) bond motifs is 1. The lowest BCUT2D eigenvalue weighted by atomic mass is 9.89. The molecule has 1 saturated carbocycles. The molecule has 2 fully saturated rings. The van der Waals surface area contributed by atoms with Crippen molar-refractivity contribution >= 4 is 23.1 Å². The second kappa shape index (κ2) is 7.19. The largest absolute Gasteiger partial charge is 0.374 e. The molecule has 1 aromatic rings. The second-order valence-corrected chi connectivity index (χ2v) is 7.32. The number of hydrogen-bond donors (Lipinski definition) is 0. The molecule has 6 heteroatoms. The summed E-state index contributed by atoms with van der Waals surface area (Å²) in [6.45, 7) is 2.75. The van der Waals surface area contributed by atoms with Crippen molar-refractivity contribution in [2.45, 2.75) is 57.2 Å². The fourth-order valence-electron chi connectivity index (χ4n) is 4.29. The lowest BCUT2D eigenvalue weighted by molar-refractivity contribution is -0.142. The van der Waals surface area contributed by atoms with E-state index in [1.165, 1.54) is 6.42 Å². The molecule has 1 aliphatic carbocycles. The number of carbonyl (C=O) groups excluding carboxylic acids is 2. The Hall–Kier alpha value is -2.21. The number of hydrazone groups is 1. The molecule has 0 N–H and O–H groups in total. The van der Waals surface area contributed by atoms with Crippen LogP contribution < -0.4 is 5.01 Å². The van der Waals surface area contributed by atoms with Crippen LogP contribution in [0.15, 0.2) is 35.4 Å². The maximum atomic E-state index is 13.2. The zero-order valence-corrected chi connectivity index (χ0v) is 15.1. The molecule has 3 atom stereocenters. The van der Waals surface area contributed by atoms with Crippen molar-refractivity contribution in [1.82, 2.24) is 4.90 Å². The van der Waals surface area contributed by atoms with E-state index in [1.807, 2.05) is 35.2 Å². The van der Waals surface area contributed by atoms with E-state index in [9.17, 15) is 9.59 Å². The molecule has 26 heavy (non-hydrogen) atoms. The summed E-state index contributed by atoms with van der Waals surface area (Å²) in [5, 5.41) is 6.27. The number of ketones is 1. The Morgan fingerprint density at radius 1 is 1.15 bits per heavy atom. The van der Waals surface area contributed by atoms with Crippen LogP contribution in [0.4, 0.5) is 5.69 Å². The van der Waals surface area contributed by atoms with E-state index in [0.29, 0.717) is 25.3 Å². The first kappa shape index (κ1) is 17.2. The number of nitrogens with zero attached hydrogens (tertiary/aromatic N) is 3. The maximum Gasteiger partial charge on any atom is 0.270 e. The van der Waals surface area contributed by atoms with Crippen molar-refractivity contribution in [2.24, 2.45) is 5.10 Å². The van der Waals surface area contributed by atoms with Crippen molar-refractivity contribution in [3.63, 3.8) is 0 Å². The standard InChI is InChI=1S/C20H25N3O3/c1-14(24)18-13-16(21-23(18)15-7-3-2-4-8-15)20(25)22-11-12-26-19-10-6-5-9-17(19)22/h2-4,7-8,17-19H,5-6,9-13H2,1H3. The van der Waals surface area contributed by atoms with Crippen LogP contribution in [0.5, 0.6) is 0 Å². The zero-order chi connectivity index (χ0) is 18.1. The molecule has 2 aliphatic heterocycles. The predicted octanol–water partition coefficient (Wildman–Crippen LogP) is 2.38. The van der Waals surface area contributed by atoms with Crippen molar-refractivity contribution in [1.29, 1.82) is 0 Å². The summed E-state index contributed by atoms with van der Waals surface area (Å²) in [4.78, 5) is 27.3. The Morgan fingerprint density at radius 2 is 1.92 bits per heavy atom. The summed E-state index contributed by atoms with van der Waals surface area (Å²) >= 11 is 0. The van der Waals surface area contributed by atoms with Crippen LogP contribution in [-0.2, 0) is 14.3 Å². The fourth-order valence-corrected chi connectivity index (χ4v) is 4.29. The Labute approximate surface area is 153 Å². The van der Waals surface area contributed by atoms with Gasteiger partial charge in [0.1, 0.15) is 11.8 Å². The Balaban J connectivity index is 1.58. The van der Waals surface area contributed by atoms with Crippen LogP contribution >= 0.6 is 0 Å². The van der Waals surface area contributed by atoms with E-state index in [1.54, 1.807) is 11.9 Å². The molecule has 6 nitrogen and oxygen atoms in total. The summed E-state index contributed by atoms with van der Waals surface area (Å²) in [5.74, 6) is -0.00666. The van der Waals surface area contributed by atoms with Gasteiger partial charge >= 0.3 is 0 Å². The first-order chi connectivity index (χ1) is 12.6. The van der Waals surface area contributed by atoms with Crippen molar-refractivity contribution in [3.8, 4) is 0 Å². The summed E-state index contributed by atoms with van der Waals surface area (Å²) in [6, 6.07) is 9.33. The van der Waals surface area contributed by atoms with Gasteiger partial charge in [-0.2, -0.15) is 5.10 Å². The summed E-state index contributed by atoms with van der Waals surface area (Å²) < 4.78 is 5.88. The number of hydrogen-bond acceptors (Lipinski definition) is 5. The lowest BCUT2D eigenvalue weighted by Gasteiger charge is -2.43. The average Bonchev–Trinajstić information content (AvgIpc) is 3.13. The topological polar surface area (TPSA) is 62.2 Å². The molecular weight excluding hydrogens is 330 g/mol. The number of amides is 1. The van der Waals surface area contributed by atoms with E-state index in [0.717, 1.165) is 24.9 Å². The fraction of sp³-hybridized carbons (Fsp3) is 0.550. The van der Waals surface area contributed by atoms with Gasteiger partial charge in [0.15, 0.2) is 5.78 Å². The van der Waals surface area contributed by atoms with E-state index in [2.05, 4.69) is 5.10 Å². The first-order valence-corrected chi connectivity index (χ1v) is 9.50. The maximum absolute atomic E-state index is 13.2. The van der Waals surface area contributed by atoms with Gasteiger partial charge in [0.05, 0.1) is 24.4 Å². The van der Waals surface area contributed by atoms with Crippen LogP contribution in [0, 0.1) is 0 Å². The number of ether oxygens (including phenoxy) is 1. The number of carbonyl (C=O) groups is 2. The molecule has 4 rings (SSSR count). The van der Waals surface area contributed by atoms with Crippen molar-refractivity contribution < 1.29 is 14.3 Å². The molecule has 3 aliphatic rings. The van der Waals surface area contributed by atoms with Gasteiger partial charge in [-0.05, 0) is 31.9 Å². The van der Waals surface area contributed by atoms with E-state index < -0.39 is 6.04 Å². The smallest absolute Gasteiger partial charge is 0.270 e. The number of para-hydroxylation sites is 1. The zero-order valence-electron chi connectivity index (χ0n) is 15.1. The highest BCUT2D eigenvalue weighted by Crippen LogP contribution is 2.30. The minimum Gasteiger partial charge on any atom is -0.374 e. The van der Waals surface area contributed by atoms with Crippen LogP contribution in [-0.4, -0.2) is 53.6 Å². The van der Waals surface area contributed by atoms with E-state index >= 15 is 0 Å². The van der Waals surface area contributed by atoms with Crippen LogP contribution in [0.25, 0.3) is 0 Å². The molecule has 3 unspecified atom stereocenters. The highest BCUT2D eigenvalue weighted by atomic mass is 16.5. The summed E-state index contributed by atoms with van der Waals surface area (Å²) in [5.41, 5.74) is 1.33. The Bertz CT molecular complexity index is 716. The van der Waals surface area contributed by atoms with Gasteiger partial charge in [-0.1, -0.05) is 31.0 Å². The normalized spacial score (nSPS) is 28.5. The molecule has 1 saturated heterocycles. The minimum absolute atomic E-state index is 0.0259. The van der Waals surface area contributed by atoms with E-state index in [-0.39, 0.29) is 23.8 Å². The minimum atomic E-state index is -0.403. The van der Waals surface area contributed by atoms with Crippen LogP contribution in [0.1, 0.15) is 39.0 Å². The second-order valence-electron chi connectivity index (χ2n) is 7.32. The van der Waals surface area contributed by atoms with Crippen LogP contribution in [0.3, 0.4) is 0 Å². The molecule has 0 aromatic heterocycles. The van der Waals surface area contributed by atoms with E-state index in [4.69, 9.17) is 4.74 Å². The summed E-state index contributed by atoms with van der Waals surface area (Å²) in [7, 11) is 0. The molecule has 0 bridgehead atoms. The number of benzene rings is 1. The molecule has 1 amide bonds. The quantitative estimate of drug-likeness (QED) is 0.835.